The van der Waals surface area contributed by atoms with Crippen molar-refractivity contribution in [1.29, 1.82) is 0 Å². The summed E-state index contributed by atoms with van der Waals surface area (Å²) in [6, 6.07) is 0.565. The largest absolute Gasteiger partial charge is 0.370 e. The van der Waals surface area contributed by atoms with Gasteiger partial charge in [0.25, 0.3) is 0 Å². The number of nitrogens with zero attached hydrogens (tertiary/aromatic N) is 3. The molecule has 108 valence electrons. The van der Waals surface area contributed by atoms with Crippen LogP contribution in [0.4, 0.5) is 11.6 Å². The molecule has 5 heteroatoms. The molecule has 0 saturated carbocycles. The zero-order valence-electron chi connectivity index (χ0n) is 12.8. The van der Waals surface area contributed by atoms with Crippen molar-refractivity contribution in [2.75, 3.05) is 37.3 Å². The Morgan fingerprint density at radius 1 is 1.16 bits per heavy atom. The van der Waals surface area contributed by atoms with Crippen molar-refractivity contribution in [3.8, 4) is 0 Å². The predicted molar refractivity (Wildman–Crippen MR) is 81.8 cm³/mol. The summed E-state index contributed by atoms with van der Waals surface area (Å²) < 4.78 is 0. The van der Waals surface area contributed by atoms with Crippen molar-refractivity contribution in [3.63, 3.8) is 0 Å². The summed E-state index contributed by atoms with van der Waals surface area (Å²) in [6.07, 6.45) is 2.54. The molecule has 0 fully saturated rings. The van der Waals surface area contributed by atoms with Gasteiger partial charge in [0.15, 0.2) is 0 Å². The molecule has 1 heterocycles. The van der Waals surface area contributed by atoms with Crippen molar-refractivity contribution < 1.29 is 0 Å². The minimum atomic E-state index is 0.565. The van der Waals surface area contributed by atoms with Gasteiger partial charge in [0, 0.05) is 31.2 Å². The quantitative estimate of drug-likeness (QED) is 0.755. The Kier molecular flexibility index (Phi) is 6.56. The molecule has 2 N–H and O–H groups in total. The Morgan fingerprint density at radius 2 is 1.79 bits per heavy atom. The third-order valence-corrected chi connectivity index (χ3v) is 3.28. The van der Waals surface area contributed by atoms with Gasteiger partial charge in [0.1, 0.15) is 18.0 Å². The third kappa shape index (κ3) is 4.67. The summed E-state index contributed by atoms with van der Waals surface area (Å²) in [7, 11) is 2.14. The van der Waals surface area contributed by atoms with Crippen molar-refractivity contribution in [2.45, 2.75) is 40.2 Å². The minimum absolute atomic E-state index is 0.565. The summed E-state index contributed by atoms with van der Waals surface area (Å²) in [5.41, 5.74) is 1.16. The van der Waals surface area contributed by atoms with Crippen LogP contribution in [0.15, 0.2) is 6.33 Å². The lowest BCUT2D eigenvalue weighted by Gasteiger charge is -2.21. The number of likely N-dealkylation sites (N-methyl/N-ethyl adjacent to an activating group) is 1. The molecule has 0 atom stereocenters. The van der Waals surface area contributed by atoms with Crippen LogP contribution in [0.2, 0.25) is 0 Å². The van der Waals surface area contributed by atoms with Gasteiger partial charge in [0.05, 0.1) is 0 Å². The van der Waals surface area contributed by atoms with Crippen LogP contribution in [0, 0.1) is 0 Å². The summed E-state index contributed by atoms with van der Waals surface area (Å²) >= 11 is 0. The van der Waals surface area contributed by atoms with Crippen LogP contribution in [0.1, 0.15) is 33.3 Å². The van der Waals surface area contributed by atoms with Gasteiger partial charge in [-0.15, -0.1) is 0 Å². The number of nitrogens with one attached hydrogen (secondary N) is 2. The number of hydrogen-bond acceptors (Lipinski definition) is 5. The van der Waals surface area contributed by atoms with E-state index in [-0.39, 0.29) is 0 Å². The first-order chi connectivity index (χ1) is 9.10. The molecule has 0 radical (unpaired) electrons. The fourth-order valence-corrected chi connectivity index (χ4v) is 1.83. The molecule has 19 heavy (non-hydrogen) atoms. The Morgan fingerprint density at radius 3 is 2.32 bits per heavy atom. The number of aromatic nitrogens is 2. The number of anilines is 2. The molecule has 0 saturated heterocycles. The zero-order chi connectivity index (χ0) is 14.3. The van der Waals surface area contributed by atoms with Gasteiger partial charge in [0.2, 0.25) is 0 Å². The summed E-state index contributed by atoms with van der Waals surface area (Å²) in [4.78, 5) is 11.0. The molecule has 0 bridgehead atoms. The maximum Gasteiger partial charge on any atom is 0.134 e. The average Bonchev–Trinajstić information content (AvgIpc) is 2.39. The first-order valence-electron chi connectivity index (χ1n) is 7.11. The number of rotatable bonds is 8. The smallest absolute Gasteiger partial charge is 0.134 e. The van der Waals surface area contributed by atoms with Crippen molar-refractivity contribution in [2.24, 2.45) is 0 Å². The summed E-state index contributed by atoms with van der Waals surface area (Å²) in [6.45, 7) is 11.4. The van der Waals surface area contributed by atoms with Crippen LogP contribution < -0.4 is 10.6 Å². The average molecular weight is 265 g/mol. The predicted octanol–water partition coefficient (Wildman–Crippen LogP) is 2.22. The van der Waals surface area contributed by atoms with Crippen LogP contribution in [0.3, 0.4) is 0 Å². The van der Waals surface area contributed by atoms with Gasteiger partial charge in [-0.1, -0.05) is 6.92 Å². The van der Waals surface area contributed by atoms with E-state index >= 15 is 0 Å². The topological polar surface area (TPSA) is 53.1 Å². The van der Waals surface area contributed by atoms with Crippen LogP contribution in [0.25, 0.3) is 0 Å². The van der Waals surface area contributed by atoms with Gasteiger partial charge < -0.3 is 15.5 Å². The molecule has 1 aromatic heterocycles. The van der Waals surface area contributed by atoms with E-state index in [1.54, 1.807) is 6.33 Å². The highest BCUT2D eigenvalue weighted by molar-refractivity contribution is 5.57. The Balaban J connectivity index is 2.65. The van der Waals surface area contributed by atoms with E-state index in [9.17, 15) is 0 Å². The SMILES string of the molecule is CCNc1ncnc(NCCN(C)C(C)C)c1CC. The van der Waals surface area contributed by atoms with Gasteiger partial charge in [-0.3, -0.25) is 0 Å². The second kappa shape index (κ2) is 7.94. The molecular weight excluding hydrogens is 238 g/mol. The zero-order valence-corrected chi connectivity index (χ0v) is 12.8. The van der Waals surface area contributed by atoms with Gasteiger partial charge in [-0.05, 0) is 34.2 Å². The highest BCUT2D eigenvalue weighted by Crippen LogP contribution is 2.19. The Hall–Kier alpha value is -1.36. The van der Waals surface area contributed by atoms with E-state index in [2.05, 4.69) is 60.2 Å². The van der Waals surface area contributed by atoms with Gasteiger partial charge >= 0.3 is 0 Å². The maximum atomic E-state index is 4.35. The molecule has 0 aliphatic carbocycles. The second-order valence-electron chi connectivity index (χ2n) is 4.93. The van der Waals surface area contributed by atoms with E-state index < -0.39 is 0 Å². The second-order valence-corrected chi connectivity index (χ2v) is 4.93. The Labute approximate surface area is 116 Å². The van der Waals surface area contributed by atoms with Crippen LogP contribution >= 0.6 is 0 Å². The highest BCUT2D eigenvalue weighted by Gasteiger charge is 2.09. The fourth-order valence-electron chi connectivity index (χ4n) is 1.83. The van der Waals surface area contributed by atoms with E-state index in [1.807, 2.05) is 0 Å². The van der Waals surface area contributed by atoms with Crippen LogP contribution in [-0.2, 0) is 6.42 Å². The lowest BCUT2D eigenvalue weighted by atomic mass is 10.2. The van der Waals surface area contributed by atoms with E-state index in [0.717, 1.165) is 43.3 Å². The van der Waals surface area contributed by atoms with Crippen molar-refractivity contribution in [1.82, 2.24) is 14.9 Å². The lowest BCUT2D eigenvalue weighted by molar-refractivity contribution is 0.284. The molecule has 1 rings (SSSR count). The van der Waals surface area contributed by atoms with Gasteiger partial charge in [-0.25, -0.2) is 9.97 Å². The first-order valence-corrected chi connectivity index (χ1v) is 7.11. The summed E-state index contributed by atoms with van der Waals surface area (Å²) in [5, 5.41) is 6.70. The van der Waals surface area contributed by atoms with Gasteiger partial charge in [-0.2, -0.15) is 0 Å². The first kappa shape index (κ1) is 15.7. The van der Waals surface area contributed by atoms with E-state index in [4.69, 9.17) is 0 Å². The van der Waals surface area contributed by atoms with E-state index in [0.29, 0.717) is 6.04 Å². The van der Waals surface area contributed by atoms with Crippen LogP contribution in [-0.4, -0.2) is 47.6 Å². The molecule has 0 aliphatic heterocycles. The normalized spacial score (nSPS) is 11.1. The lowest BCUT2D eigenvalue weighted by Crippen LogP contribution is -2.31. The Bertz CT molecular complexity index is 378. The molecule has 0 aromatic carbocycles. The molecule has 1 aromatic rings. The molecule has 0 aliphatic rings. The molecule has 0 amide bonds. The van der Waals surface area contributed by atoms with Crippen molar-refractivity contribution in [3.05, 3.63) is 11.9 Å². The maximum absolute atomic E-state index is 4.35. The highest BCUT2D eigenvalue weighted by atomic mass is 15.1. The molecule has 5 nitrogen and oxygen atoms in total. The number of hydrogen-bond donors (Lipinski definition) is 2. The fraction of sp³-hybridized carbons (Fsp3) is 0.714. The molecule has 0 spiro atoms. The van der Waals surface area contributed by atoms with Crippen molar-refractivity contribution >= 4 is 11.6 Å². The summed E-state index contributed by atoms with van der Waals surface area (Å²) in [5.74, 6) is 1.89. The molecular formula is C14H27N5. The third-order valence-electron chi connectivity index (χ3n) is 3.28. The standard InChI is InChI=1S/C14H27N5/c1-6-12-13(15-7-2)17-10-18-14(12)16-8-9-19(5)11(3)4/h10-11H,6-9H2,1-5H3,(H2,15,16,17,18). The van der Waals surface area contributed by atoms with Crippen LogP contribution in [0.5, 0.6) is 0 Å². The van der Waals surface area contributed by atoms with E-state index in [1.165, 1.54) is 0 Å². The molecule has 0 unspecified atom stereocenters. The monoisotopic (exact) mass is 265 g/mol. The minimum Gasteiger partial charge on any atom is -0.370 e.